The number of benzene rings is 1. The van der Waals surface area contributed by atoms with E-state index in [2.05, 4.69) is 42.8 Å². The predicted molar refractivity (Wildman–Crippen MR) is 84.1 cm³/mol. The Kier molecular flexibility index (Phi) is 9.54. The number of hydrogen-bond acceptors (Lipinski definition) is 3. The maximum Gasteiger partial charge on any atom is 0.209 e. The van der Waals surface area contributed by atoms with Gasteiger partial charge in [-0.05, 0) is 37.8 Å². The van der Waals surface area contributed by atoms with Crippen LogP contribution in [-0.4, -0.2) is 26.8 Å². The molecule has 0 bridgehead atoms. The van der Waals surface area contributed by atoms with Crippen molar-refractivity contribution in [1.82, 2.24) is 4.72 Å². The van der Waals surface area contributed by atoms with Gasteiger partial charge >= 0.3 is 0 Å². The molecule has 0 heterocycles. The van der Waals surface area contributed by atoms with E-state index in [-0.39, 0.29) is 31.6 Å². The van der Waals surface area contributed by atoms with Crippen LogP contribution in [0.25, 0.3) is 0 Å². The van der Waals surface area contributed by atoms with Gasteiger partial charge in [-0.2, -0.15) is 0 Å². The summed E-state index contributed by atoms with van der Waals surface area (Å²) in [4.78, 5) is 0. The first-order valence-electron chi connectivity index (χ1n) is 7.04. The minimum Gasteiger partial charge on any atom is -0.326 e. The molecule has 2 rings (SSSR count). The van der Waals surface area contributed by atoms with Crippen LogP contribution in [-0.2, 0) is 29.5 Å². The van der Waals surface area contributed by atoms with Crippen LogP contribution in [0.15, 0.2) is 24.3 Å². The van der Waals surface area contributed by atoms with E-state index in [1.807, 2.05) is 0 Å². The summed E-state index contributed by atoms with van der Waals surface area (Å²) in [6, 6.07) is 8.30. The zero-order valence-corrected chi connectivity index (χ0v) is 15.5. The number of hydrogen-bond donors (Lipinski definition) is 2. The first-order valence-corrected chi connectivity index (χ1v) is 8.94. The Morgan fingerprint density at radius 3 is 1.95 bits per heavy atom. The number of nitrogens with one attached hydrogen (secondary N) is 1. The summed E-state index contributed by atoms with van der Waals surface area (Å²) in [7, 11) is -3.09. The summed E-state index contributed by atoms with van der Waals surface area (Å²) < 4.78 is 24.3. The van der Waals surface area contributed by atoms with Gasteiger partial charge in [-0.15, -0.1) is 0 Å². The molecule has 0 spiro atoms. The SMILES string of the molecule is CS(=O)(=O)N[C@@H]1CCCC[C@H]1N.Cc1ccccc1C.[Ru]. The van der Waals surface area contributed by atoms with E-state index in [0.29, 0.717) is 0 Å². The van der Waals surface area contributed by atoms with Crippen LogP contribution >= 0.6 is 0 Å². The molecule has 0 amide bonds. The van der Waals surface area contributed by atoms with Crippen molar-refractivity contribution in [2.45, 2.75) is 51.6 Å². The topological polar surface area (TPSA) is 72.2 Å². The van der Waals surface area contributed by atoms with Crippen molar-refractivity contribution in [3.63, 3.8) is 0 Å². The van der Waals surface area contributed by atoms with Crippen LogP contribution in [0.3, 0.4) is 0 Å². The van der Waals surface area contributed by atoms with Crippen molar-refractivity contribution in [3.05, 3.63) is 35.4 Å². The molecule has 1 aromatic rings. The average molecular weight is 400 g/mol. The van der Waals surface area contributed by atoms with Gasteiger partial charge in [0.2, 0.25) is 10.0 Å². The molecule has 3 N–H and O–H groups in total. The molecule has 1 fully saturated rings. The third-order valence-corrected chi connectivity index (χ3v) is 4.34. The van der Waals surface area contributed by atoms with Crippen LogP contribution < -0.4 is 10.5 Å². The zero-order chi connectivity index (χ0) is 15.2. The monoisotopic (exact) mass is 400 g/mol. The summed E-state index contributed by atoms with van der Waals surface area (Å²) in [5.41, 5.74) is 8.50. The molecule has 1 aromatic carbocycles. The van der Waals surface area contributed by atoms with E-state index >= 15 is 0 Å². The first kappa shape index (κ1) is 20.7. The molecule has 21 heavy (non-hydrogen) atoms. The Hall–Kier alpha value is -0.287. The molecule has 4 nitrogen and oxygen atoms in total. The molecule has 0 radical (unpaired) electrons. The zero-order valence-electron chi connectivity index (χ0n) is 12.9. The third kappa shape index (κ3) is 8.67. The Morgan fingerprint density at radius 1 is 1.10 bits per heavy atom. The van der Waals surface area contributed by atoms with Crippen molar-refractivity contribution < 1.29 is 27.9 Å². The summed E-state index contributed by atoms with van der Waals surface area (Å²) in [6.45, 7) is 4.24. The summed E-state index contributed by atoms with van der Waals surface area (Å²) in [5, 5.41) is 0. The van der Waals surface area contributed by atoms with Gasteiger partial charge < -0.3 is 5.73 Å². The van der Waals surface area contributed by atoms with E-state index in [9.17, 15) is 8.42 Å². The fourth-order valence-electron chi connectivity index (χ4n) is 2.24. The minimum atomic E-state index is -3.09. The number of sulfonamides is 1. The molecule has 1 aliphatic rings. The van der Waals surface area contributed by atoms with Crippen LogP contribution in [0.5, 0.6) is 0 Å². The van der Waals surface area contributed by atoms with E-state index in [1.165, 1.54) is 17.4 Å². The Balaban J connectivity index is 0.000000390. The number of aryl methyl sites for hydroxylation is 2. The quantitative estimate of drug-likeness (QED) is 0.748. The molecular weight excluding hydrogens is 373 g/mol. The van der Waals surface area contributed by atoms with Crippen LogP contribution in [0.2, 0.25) is 0 Å². The Labute approximate surface area is 141 Å². The summed E-state index contributed by atoms with van der Waals surface area (Å²) in [6.07, 6.45) is 5.15. The van der Waals surface area contributed by atoms with Gasteiger partial charge in [0.05, 0.1) is 6.26 Å². The van der Waals surface area contributed by atoms with Gasteiger partial charge in [-0.3, -0.25) is 0 Å². The van der Waals surface area contributed by atoms with Crippen LogP contribution in [0.4, 0.5) is 0 Å². The summed E-state index contributed by atoms with van der Waals surface area (Å²) in [5.74, 6) is 0. The number of rotatable bonds is 2. The third-order valence-electron chi connectivity index (χ3n) is 3.61. The average Bonchev–Trinajstić information content (AvgIpc) is 2.35. The van der Waals surface area contributed by atoms with Gasteiger partial charge in [-0.25, -0.2) is 13.1 Å². The molecular formula is C15H26N2O2RuS. The van der Waals surface area contributed by atoms with Gasteiger partial charge in [-0.1, -0.05) is 37.1 Å². The van der Waals surface area contributed by atoms with Crippen molar-refractivity contribution in [2.75, 3.05) is 6.26 Å². The van der Waals surface area contributed by atoms with Gasteiger partial charge in [0, 0.05) is 31.6 Å². The second kappa shape index (κ2) is 9.67. The largest absolute Gasteiger partial charge is 0.326 e. The number of nitrogens with two attached hydrogens (primary N) is 1. The van der Waals surface area contributed by atoms with Crippen molar-refractivity contribution in [3.8, 4) is 0 Å². The summed E-state index contributed by atoms with van der Waals surface area (Å²) >= 11 is 0. The van der Waals surface area contributed by atoms with Gasteiger partial charge in [0.1, 0.15) is 0 Å². The molecule has 0 aromatic heterocycles. The standard InChI is InChI=1S/C8H10.C7H16N2O2S.Ru/c1-7-5-3-4-6-8(7)2;1-12(10,11)9-7-5-3-2-4-6(7)8;/h3-6H,1-2H3;6-7,9H,2-5,8H2,1H3;/t;6-,7-;/m.1./s1. The molecule has 0 aliphatic heterocycles. The maximum absolute atomic E-state index is 10.9. The first-order chi connectivity index (χ1) is 9.29. The van der Waals surface area contributed by atoms with Crippen molar-refractivity contribution in [1.29, 1.82) is 0 Å². The maximum atomic E-state index is 10.9. The second-order valence-electron chi connectivity index (χ2n) is 5.53. The van der Waals surface area contributed by atoms with Crippen LogP contribution in [0.1, 0.15) is 36.8 Å². The molecule has 6 heteroatoms. The predicted octanol–water partition coefficient (Wildman–Crippen LogP) is 2.11. The Bertz CT molecular complexity index is 499. The molecule has 0 unspecified atom stereocenters. The van der Waals surface area contributed by atoms with E-state index < -0.39 is 10.0 Å². The normalized spacial score (nSPS) is 21.7. The van der Waals surface area contributed by atoms with Gasteiger partial charge in [0.25, 0.3) is 0 Å². The van der Waals surface area contributed by atoms with Crippen molar-refractivity contribution >= 4 is 10.0 Å². The molecule has 1 aliphatic carbocycles. The smallest absolute Gasteiger partial charge is 0.209 e. The van der Waals surface area contributed by atoms with E-state index in [1.54, 1.807) is 0 Å². The molecule has 0 saturated heterocycles. The van der Waals surface area contributed by atoms with E-state index in [0.717, 1.165) is 25.7 Å². The van der Waals surface area contributed by atoms with Crippen LogP contribution in [0, 0.1) is 13.8 Å². The fourth-order valence-corrected chi connectivity index (χ4v) is 3.09. The molecule has 1 saturated carbocycles. The van der Waals surface area contributed by atoms with E-state index in [4.69, 9.17) is 5.73 Å². The molecule has 122 valence electrons. The van der Waals surface area contributed by atoms with Gasteiger partial charge in [0.15, 0.2) is 0 Å². The molecule has 2 atom stereocenters. The second-order valence-corrected chi connectivity index (χ2v) is 7.31. The van der Waals surface area contributed by atoms with Crippen molar-refractivity contribution in [2.24, 2.45) is 5.73 Å². The fraction of sp³-hybridized carbons (Fsp3) is 0.600. The Morgan fingerprint density at radius 2 is 1.57 bits per heavy atom. The minimum absolute atomic E-state index is 0.